The molecule has 2 rings (SSSR count). The highest BCUT2D eigenvalue weighted by atomic mass is 35.5. The fraction of sp³-hybridized carbons (Fsp3) is 0.364. The van der Waals surface area contributed by atoms with Crippen LogP contribution in [0.1, 0.15) is 26.3 Å². The number of benzene rings is 1. The van der Waals surface area contributed by atoms with Gasteiger partial charge in [0.25, 0.3) is 5.69 Å². The van der Waals surface area contributed by atoms with Gasteiger partial charge in [-0.15, -0.1) is 0 Å². The largest absolute Gasteiger partial charge is 0.296 e. The molecular formula is C11H11ClN2O2. The van der Waals surface area contributed by atoms with E-state index in [4.69, 9.17) is 11.6 Å². The maximum Gasteiger partial charge on any atom is 0.296 e. The van der Waals surface area contributed by atoms with Crippen molar-refractivity contribution in [1.82, 2.24) is 0 Å². The summed E-state index contributed by atoms with van der Waals surface area (Å²) in [7, 11) is 0. The Hall–Kier alpha value is -1.42. The van der Waals surface area contributed by atoms with Crippen molar-refractivity contribution in [2.45, 2.75) is 26.2 Å². The Bertz CT molecular complexity index is 521. The van der Waals surface area contributed by atoms with E-state index >= 15 is 0 Å². The van der Waals surface area contributed by atoms with Gasteiger partial charge in [0.15, 0.2) is 0 Å². The van der Waals surface area contributed by atoms with Gasteiger partial charge in [0.2, 0.25) is 0 Å². The highest BCUT2D eigenvalue weighted by Crippen LogP contribution is 2.46. The third-order valence-corrected chi connectivity index (χ3v) is 3.33. The number of nitro benzene ring substituents is 1. The zero-order valence-corrected chi connectivity index (χ0v) is 10.00. The van der Waals surface area contributed by atoms with E-state index < -0.39 is 4.92 Å². The van der Waals surface area contributed by atoms with Crippen LogP contribution in [0.5, 0.6) is 0 Å². The molecule has 0 radical (unpaired) electrons. The molecule has 1 aliphatic heterocycles. The Labute approximate surface area is 98.1 Å². The minimum atomic E-state index is -0.442. The van der Waals surface area contributed by atoms with Crippen LogP contribution >= 0.6 is 11.6 Å². The molecule has 0 aromatic heterocycles. The Morgan fingerprint density at radius 1 is 1.44 bits per heavy atom. The summed E-state index contributed by atoms with van der Waals surface area (Å²) in [6.45, 7) is 5.84. The molecule has 0 fully saturated rings. The highest BCUT2D eigenvalue weighted by Gasteiger charge is 2.36. The maximum absolute atomic E-state index is 10.9. The van der Waals surface area contributed by atoms with Crippen molar-refractivity contribution in [3.63, 3.8) is 0 Å². The molecule has 0 aliphatic carbocycles. The van der Waals surface area contributed by atoms with Gasteiger partial charge in [-0.3, -0.25) is 10.1 Å². The van der Waals surface area contributed by atoms with Gasteiger partial charge in [-0.05, 0) is 18.6 Å². The minimum absolute atomic E-state index is 0.0209. The summed E-state index contributed by atoms with van der Waals surface area (Å²) < 4.78 is 0. The Balaban J connectivity index is 2.77. The third kappa shape index (κ3) is 1.41. The molecule has 0 saturated carbocycles. The van der Waals surface area contributed by atoms with E-state index in [2.05, 4.69) is 4.99 Å². The summed E-state index contributed by atoms with van der Waals surface area (Å²) in [6, 6.07) is 3.10. The van der Waals surface area contributed by atoms with E-state index in [9.17, 15) is 10.1 Å². The van der Waals surface area contributed by atoms with Crippen LogP contribution in [0.3, 0.4) is 0 Å². The second kappa shape index (κ2) is 3.28. The smallest absolute Gasteiger partial charge is 0.258 e. The van der Waals surface area contributed by atoms with Gasteiger partial charge in [0, 0.05) is 22.2 Å². The standard InChI is InChI=1S/C11H11ClN2O2/c1-6-11(2,3)8-4-7(12)5-9(14(15)16)10(8)13-6/h4-5H,1-3H3. The van der Waals surface area contributed by atoms with Gasteiger partial charge >= 0.3 is 0 Å². The fourth-order valence-electron chi connectivity index (χ4n) is 1.82. The number of aliphatic imine (C=N–C) groups is 1. The molecule has 16 heavy (non-hydrogen) atoms. The molecule has 84 valence electrons. The average molecular weight is 239 g/mol. The van der Waals surface area contributed by atoms with Gasteiger partial charge in [0.1, 0.15) is 5.69 Å². The molecule has 0 bridgehead atoms. The topological polar surface area (TPSA) is 55.5 Å². The van der Waals surface area contributed by atoms with Crippen LogP contribution in [-0.4, -0.2) is 10.6 Å². The summed E-state index contributed by atoms with van der Waals surface area (Å²) in [5.41, 5.74) is 1.83. The molecule has 0 N–H and O–H groups in total. The van der Waals surface area contributed by atoms with E-state index in [0.717, 1.165) is 11.3 Å². The molecule has 1 aromatic rings. The van der Waals surface area contributed by atoms with Gasteiger partial charge in [0.05, 0.1) is 4.92 Å². The number of nitro groups is 1. The van der Waals surface area contributed by atoms with Crippen molar-refractivity contribution in [3.05, 3.63) is 32.8 Å². The average Bonchev–Trinajstić information content (AvgIpc) is 2.39. The monoisotopic (exact) mass is 238 g/mol. The molecule has 0 saturated heterocycles. The zero-order valence-electron chi connectivity index (χ0n) is 9.24. The van der Waals surface area contributed by atoms with Crippen LogP contribution in [0.4, 0.5) is 11.4 Å². The van der Waals surface area contributed by atoms with Crippen LogP contribution in [0.2, 0.25) is 5.02 Å². The first-order chi connectivity index (χ1) is 7.34. The quantitative estimate of drug-likeness (QED) is 0.554. The van der Waals surface area contributed by atoms with Crippen LogP contribution in [0, 0.1) is 10.1 Å². The number of halogens is 1. The molecule has 0 atom stereocenters. The van der Waals surface area contributed by atoms with Crippen molar-refractivity contribution in [2.75, 3.05) is 0 Å². The number of fused-ring (bicyclic) bond motifs is 1. The predicted octanol–water partition coefficient (Wildman–Crippen LogP) is 3.63. The minimum Gasteiger partial charge on any atom is -0.258 e. The molecular weight excluding hydrogens is 228 g/mol. The second-order valence-electron chi connectivity index (χ2n) is 4.40. The summed E-state index contributed by atoms with van der Waals surface area (Å²) in [5, 5.41) is 11.3. The predicted molar refractivity (Wildman–Crippen MR) is 63.9 cm³/mol. The first-order valence-corrected chi connectivity index (χ1v) is 5.26. The molecule has 0 spiro atoms. The fourth-order valence-corrected chi connectivity index (χ4v) is 2.03. The van der Waals surface area contributed by atoms with Gasteiger partial charge in [-0.1, -0.05) is 25.4 Å². The lowest BCUT2D eigenvalue weighted by Gasteiger charge is -2.19. The van der Waals surface area contributed by atoms with Crippen LogP contribution in [0.25, 0.3) is 0 Å². The van der Waals surface area contributed by atoms with Crippen molar-refractivity contribution >= 4 is 28.7 Å². The van der Waals surface area contributed by atoms with Crippen molar-refractivity contribution in [3.8, 4) is 0 Å². The summed E-state index contributed by atoms with van der Waals surface area (Å²) in [5.74, 6) is 0. The lowest BCUT2D eigenvalue weighted by molar-refractivity contribution is -0.384. The van der Waals surface area contributed by atoms with E-state index in [0.29, 0.717) is 10.7 Å². The van der Waals surface area contributed by atoms with Crippen LogP contribution < -0.4 is 0 Å². The maximum atomic E-state index is 10.9. The molecule has 1 aliphatic rings. The van der Waals surface area contributed by atoms with E-state index in [1.165, 1.54) is 6.07 Å². The molecule has 0 unspecified atom stereocenters. The third-order valence-electron chi connectivity index (χ3n) is 3.11. The number of hydrogen-bond donors (Lipinski definition) is 0. The second-order valence-corrected chi connectivity index (χ2v) is 4.84. The molecule has 1 heterocycles. The van der Waals surface area contributed by atoms with Crippen LogP contribution in [0.15, 0.2) is 17.1 Å². The van der Waals surface area contributed by atoms with E-state index in [1.807, 2.05) is 20.8 Å². The first-order valence-electron chi connectivity index (χ1n) is 4.88. The Kier molecular flexibility index (Phi) is 2.27. The van der Waals surface area contributed by atoms with Gasteiger partial charge in [-0.25, -0.2) is 4.99 Å². The first kappa shape index (κ1) is 11.1. The highest BCUT2D eigenvalue weighted by molar-refractivity contribution is 6.31. The van der Waals surface area contributed by atoms with Gasteiger partial charge < -0.3 is 0 Å². The number of nitrogens with zero attached hydrogens (tertiary/aromatic N) is 2. The SMILES string of the molecule is CC1=Nc2c([N+](=O)[O-])cc(Cl)cc2C1(C)C. The van der Waals surface area contributed by atoms with Crippen LogP contribution in [-0.2, 0) is 5.41 Å². The summed E-state index contributed by atoms with van der Waals surface area (Å²) in [6.07, 6.45) is 0. The lowest BCUT2D eigenvalue weighted by Crippen LogP contribution is -2.22. The Morgan fingerprint density at radius 2 is 2.06 bits per heavy atom. The summed E-state index contributed by atoms with van der Waals surface area (Å²) in [4.78, 5) is 14.8. The Morgan fingerprint density at radius 3 is 2.62 bits per heavy atom. The molecule has 5 heteroatoms. The molecule has 0 amide bonds. The lowest BCUT2D eigenvalue weighted by atomic mass is 9.82. The van der Waals surface area contributed by atoms with E-state index in [-0.39, 0.29) is 11.1 Å². The van der Waals surface area contributed by atoms with Crippen molar-refractivity contribution in [1.29, 1.82) is 0 Å². The summed E-state index contributed by atoms with van der Waals surface area (Å²) >= 11 is 5.89. The van der Waals surface area contributed by atoms with Crippen molar-refractivity contribution in [2.24, 2.45) is 4.99 Å². The van der Waals surface area contributed by atoms with Crippen molar-refractivity contribution < 1.29 is 4.92 Å². The normalized spacial score (nSPS) is 16.9. The molecule has 4 nitrogen and oxygen atoms in total. The van der Waals surface area contributed by atoms with Gasteiger partial charge in [-0.2, -0.15) is 0 Å². The molecule has 1 aromatic carbocycles. The number of rotatable bonds is 1. The van der Waals surface area contributed by atoms with E-state index in [1.54, 1.807) is 6.07 Å². The zero-order chi connectivity index (χ0) is 12.1. The number of hydrogen-bond acceptors (Lipinski definition) is 3.